The molecule has 0 heterocycles. The third kappa shape index (κ3) is 76.0. The van der Waals surface area contributed by atoms with Gasteiger partial charge in [0.1, 0.15) is 0 Å². The summed E-state index contributed by atoms with van der Waals surface area (Å²) in [5.74, 6) is -2.74. The van der Waals surface area contributed by atoms with Crippen LogP contribution in [0.25, 0.3) is 0 Å². The van der Waals surface area contributed by atoms with Gasteiger partial charge in [-0.1, -0.05) is 149 Å². The van der Waals surface area contributed by atoms with E-state index in [1.807, 2.05) is 0 Å². The Labute approximate surface area is 326 Å². The van der Waals surface area contributed by atoms with Crippen LogP contribution in [0.15, 0.2) is 0 Å². The Morgan fingerprint density at radius 2 is 0.521 bits per heavy atom. The smallest absolute Gasteiger partial charge is 4.00 e. The SMILES string of the molecule is CCCCCCCC(=O)[O-].CCCCCCCCCCCC(=O)[O-].CCCCCCCCCCCC(=O)[O-].CCC[CH2][Sn+2][CH2]CCC.[Sn+4]. The summed E-state index contributed by atoms with van der Waals surface area (Å²) in [6.45, 7) is 11.2. The van der Waals surface area contributed by atoms with Gasteiger partial charge >= 0.3 is 93.5 Å². The summed E-state index contributed by atoms with van der Waals surface area (Å²) in [6, 6.07) is 0. The number of rotatable bonds is 32. The average Bonchev–Trinajstić information content (AvgIpc) is 3.03. The van der Waals surface area contributed by atoms with Gasteiger partial charge in [-0.05, 0) is 38.5 Å². The van der Waals surface area contributed by atoms with Gasteiger partial charge < -0.3 is 29.7 Å². The molecule has 0 aromatic carbocycles. The van der Waals surface area contributed by atoms with E-state index in [0.717, 1.165) is 44.9 Å². The summed E-state index contributed by atoms with van der Waals surface area (Å²) < 4.78 is 3.25. The topological polar surface area (TPSA) is 120 Å². The van der Waals surface area contributed by atoms with E-state index in [2.05, 4.69) is 34.6 Å². The Kier molecular flexibility index (Phi) is 67.4. The molecule has 0 atom stereocenters. The van der Waals surface area contributed by atoms with E-state index >= 15 is 0 Å². The van der Waals surface area contributed by atoms with Crippen molar-refractivity contribution < 1.29 is 29.7 Å². The molecule has 0 saturated carbocycles. The molecule has 0 amide bonds. The summed E-state index contributed by atoms with van der Waals surface area (Å²) in [7, 11) is 0. The van der Waals surface area contributed by atoms with E-state index in [9.17, 15) is 29.7 Å². The Balaban J connectivity index is -0.000000173. The van der Waals surface area contributed by atoms with Crippen LogP contribution in [0.2, 0.25) is 8.87 Å². The van der Waals surface area contributed by atoms with Crippen molar-refractivity contribution in [3.05, 3.63) is 0 Å². The zero-order chi connectivity index (χ0) is 36.1. The van der Waals surface area contributed by atoms with Gasteiger partial charge in [-0.15, -0.1) is 0 Å². The second-order valence-electron chi connectivity index (χ2n) is 12.9. The minimum atomic E-state index is -0.920. The summed E-state index contributed by atoms with van der Waals surface area (Å²) in [4.78, 5) is 30.1. The summed E-state index contributed by atoms with van der Waals surface area (Å²) >= 11 is 0.149. The second-order valence-corrected chi connectivity index (χ2v) is 17.2. The molecule has 0 aliphatic carbocycles. The van der Waals surface area contributed by atoms with E-state index in [-0.39, 0.29) is 64.3 Å². The second kappa shape index (κ2) is 56.4. The first-order valence-electron chi connectivity index (χ1n) is 20.0. The Hall–Kier alpha value is 0.00740. The fourth-order valence-electron chi connectivity index (χ4n) is 4.76. The fourth-order valence-corrected chi connectivity index (χ4v) is 8.92. The molecule has 0 radical (unpaired) electrons. The average molecular weight is 893 g/mol. The minimum Gasteiger partial charge on any atom is 4.00 e. The fraction of sp³-hybridized carbons (Fsp3) is 0.925. The van der Waals surface area contributed by atoms with Crippen LogP contribution in [0.3, 0.4) is 0 Å². The number of carbonyl (C=O) groups is 3. The van der Waals surface area contributed by atoms with E-state index in [1.165, 1.54) is 128 Å². The Morgan fingerprint density at radius 1 is 0.333 bits per heavy atom. The molecule has 280 valence electrons. The van der Waals surface area contributed by atoms with E-state index in [0.29, 0.717) is 0 Å². The normalized spacial score (nSPS) is 9.77. The number of carboxylic acids is 3. The van der Waals surface area contributed by atoms with Crippen molar-refractivity contribution in [3.8, 4) is 0 Å². The molecule has 6 nitrogen and oxygen atoms in total. The molecule has 0 fully saturated rings. The van der Waals surface area contributed by atoms with Crippen molar-refractivity contribution in [2.45, 2.75) is 236 Å². The van der Waals surface area contributed by atoms with Crippen LogP contribution in [0.5, 0.6) is 0 Å². The van der Waals surface area contributed by atoms with Crippen LogP contribution < -0.4 is 15.3 Å². The molecule has 0 aliphatic heterocycles. The molecule has 48 heavy (non-hydrogen) atoms. The molecule has 0 aromatic rings. The monoisotopic (exact) mass is 895 g/mol. The van der Waals surface area contributed by atoms with Gasteiger partial charge in [0, 0.05) is 17.9 Å². The third-order valence-electron chi connectivity index (χ3n) is 7.87. The van der Waals surface area contributed by atoms with Crippen molar-refractivity contribution in [1.29, 1.82) is 0 Å². The number of hydrogen-bond donors (Lipinski definition) is 0. The predicted molar refractivity (Wildman–Crippen MR) is 203 cm³/mol. The zero-order valence-electron chi connectivity index (χ0n) is 32.6. The maximum Gasteiger partial charge on any atom is 4.00 e. The standard InChI is InChI=1S/2C12H24O2.C8H16O2.2C4H9.2Sn/c2*1-2-3-4-5-6-7-8-9-10-11-12(13)14;1-2-3-4-5-6-7-8(9)10;2*1-3-4-2;;/h2*2-11H2,1H3,(H,13,14);2-7H2,1H3,(H,9,10);2*1,3-4H2,2H3;;/q;;;;;+2;+4/p-3. The quantitative estimate of drug-likeness (QED) is 0.0491. The van der Waals surface area contributed by atoms with E-state index in [1.54, 1.807) is 8.87 Å². The van der Waals surface area contributed by atoms with Crippen molar-refractivity contribution in [2.24, 2.45) is 0 Å². The van der Waals surface area contributed by atoms with Crippen LogP contribution in [-0.2, 0) is 14.4 Å². The first-order chi connectivity index (χ1) is 22.7. The molecule has 0 rings (SSSR count). The van der Waals surface area contributed by atoms with Crippen LogP contribution in [0.4, 0.5) is 0 Å². The number of hydrogen-bond acceptors (Lipinski definition) is 6. The van der Waals surface area contributed by atoms with Gasteiger partial charge in [0.25, 0.3) is 0 Å². The Morgan fingerprint density at radius 3 is 0.708 bits per heavy atom. The van der Waals surface area contributed by atoms with Crippen LogP contribution >= 0.6 is 0 Å². The molecule has 0 aromatic heterocycles. The molecular formula is C40H79O6Sn2+3. The largest absolute Gasteiger partial charge is 4.00 e. The molecule has 0 bridgehead atoms. The van der Waals surface area contributed by atoms with E-state index in [4.69, 9.17) is 0 Å². The maximum absolute atomic E-state index is 10.1. The van der Waals surface area contributed by atoms with E-state index < -0.39 is 17.9 Å². The number of aliphatic carboxylic acids is 3. The molecule has 8 heteroatoms. The van der Waals surface area contributed by atoms with Gasteiger partial charge in [0.05, 0.1) is 0 Å². The molecule has 0 aliphatic rings. The number of unbranched alkanes of at least 4 members (excludes halogenated alkanes) is 22. The van der Waals surface area contributed by atoms with Gasteiger partial charge in [0.2, 0.25) is 0 Å². The van der Waals surface area contributed by atoms with Crippen LogP contribution in [0.1, 0.15) is 227 Å². The summed E-state index contributed by atoms with van der Waals surface area (Å²) in [5.41, 5.74) is 0. The molecule has 0 spiro atoms. The summed E-state index contributed by atoms with van der Waals surface area (Å²) in [6.07, 6.45) is 33.8. The van der Waals surface area contributed by atoms with Crippen molar-refractivity contribution in [2.75, 3.05) is 0 Å². The summed E-state index contributed by atoms with van der Waals surface area (Å²) in [5, 5.41) is 30.1. The van der Waals surface area contributed by atoms with Crippen LogP contribution in [-0.4, -0.2) is 63.0 Å². The zero-order valence-corrected chi connectivity index (χ0v) is 38.3. The number of carboxylic acid groups (broad SMARTS) is 3. The third-order valence-corrected chi connectivity index (χ3v) is 11.9. The van der Waals surface area contributed by atoms with Crippen molar-refractivity contribution in [3.63, 3.8) is 0 Å². The molecule has 0 N–H and O–H groups in total. The predicted octanol–water partition coefficient (Wildman–Crippen LogP) is 9.16. The van der Waals surface area contributed by atoms with Gasteiger partial charge in [-0.25, -0.2) is 0 Å². The molecular weight excluding hydrogens is 814 g/mol. The Bertz CT molecular complexity index is 566. The van der Waals surface area contributed by atoms with Gasteiger partial charge in [0.15, 0.2) is 0 Å². The molecule has 0 unspecified atom stereocenters. The first-order valence-corrected chi connectivity index (χ1v) is 24.1. The number of carbonyl (C=O) groups excluding carboxylic acids is 3. The van der Waals surface area contributed by atoms with Crippen molar-refractivity contribution in [1.82, 2.24) is 0 Å². The first kappa shape index (κ1) is 57.4. The van der Waals surface area contributed by atoms with Crippen LogP contribution in [0, 0.1) is 0 Å². The minimum absolute atomic E-state index is 0. The van der Waals surface area contributed by atoms with Crippen molar-refractivity contribution >= 4 is 63.0 Å². The van der Waals surface area contributed by atoms with Gasteiger partial charge in [-0.3, -0.25) is 0 Å². The molecule has 0 saturated heterocycles. The maximum atomic E-state index is 10.1. The van der Waals surface area contributed by atoms with Gasteiger partial charge in [-0.2, -0.15) is 0 Å².